The van der Waals surface area contributed by atoms with Gasteiger partial charge in [0.25, 0.3) is 0 Å². The van der Waals surface area contributed by atoms with Crippen LogP contribution in [0.2, 0.25) is 5.02 Å². The Morgan fingerprint density at radius 3 is 2.38 bits per heavy atom. The lowest BCUT2D eigenvalue weighted by atomic mass is 10.1. The fourth-order valence-corrected chi connectivity index (χ4v) is 2.26. The van der Waals surface area contributed by atoms with Gasteiger partial charge in [-0.1, -0.05) is 23.7 Å². The summed E-state index contributed by atoms with van der Waals surface area (Å²) in [5.41, 5.74) is 2.58. The Balaban J connectivity index is 2.11. The molecule has 2 rings (SSSR count). The average molecular weight is 305 g/mol. The Kier molecular flexibility index (Phi) is 4.86. The first-order valence-electron chi connectivity index (χ1n) is 6.58. The summed E-state index contributed by atoms with van der Waals surface area (Å²) in [7, 11) is 1.54. The Morgan fingerprint density at radius 1 is 1.05 bits per heavy atom. The van der Waals surface area contributed by atoms with E-state index >= 15 is 0 Å². The van der Waals surface area contributed by atoms with Gasteiger partial charge in [-0.2, -0.15) is 0 Å². The number of ether oxygens (including phenoxy) is 2. The van der Waals surface area contributed by atoms with Gasteiger partial charge in [0.15, 0.2) is 6.61 Å². The van der Waals surface area contributed by atoms with Crippen LogP contribution < -0.4 is 9.47 Å². The van der Waals surface area contributed by atoms with E-state index in [2.05, 4.69) is 0 Å². The van der Waals surface area contributed by atoms with Crippen molar-refractivity contribution in [3.63, 3.8) is 0 Å². The third kappa shape index (κ3) is 3.76. The lowest BCUT2D eigenvalue weighted by Gasteiger charge is -2.11. The molecule has 0 atom stereocenters. The van der Waals surface area contributed by atoms with Crippen LogP contribution in [-0.4, -0.2) is 19.5 Å². The van der Waals surface area contributed by atoms with Gasteiger partial charge in [0, 0.05) is 0 Å². The standard InChI is InChI=1S/C17H17ClO3/c1-11-5-7-16(14(18)8-11)21-10-15(19)13-6-4-12(2)9-17(13)20-3/h4-9H,10H2,1-3H3. The van der Waals surface area contributed by atoms with Gasteiger partial charge in [0.1, 0.15) is 11.5 Å². The van der Waals surface area contributed by atoms with Crippen LogP contribution in [0.25, 0.3) is 0 Å². The summed E-state index contributed by atoms with van der Waals surface area (Å²) < 4.78 is 10.7. The van der Waals surface area contributed by atoms with Gasteiger partial charge in [0.2, 0.25) is 5.78 Å². The molecule has 4 heteroatoms. The Bertz CT molecular complexity index is 665. The van der Waals surface area contributed by atoms with E-state index in [9.17, 15) is 4.79 Å². The van der Waals surface area contributed by atoms with Gasteiger partial charge in [-0.3, -0.25) is 4.79 Å². The van der Waals surface area contributed by atoms with Crippen molar-refractivity contribution in [1.29, 1.82) is 0 Å². The molecule has 0 spiro atoms. The Labute approximate surface area is 129 Å². The number of hydrogen-bond acceptors (Lipinski definition) is 3. The third-order valence-corrected chi connectivity index (χ3v) is 3.40. The van der Waals surface area contributed by atoms with Crippen molar-refractivity contribution in [2.24, 2.45) is 0 Å². The highest BCUT2D eigenvalue weighted by molar-refractivity contribution is 6.32. The molecular weight excluding hydrogens is 288 g/mol. The van der Waals surface area contributed by atoms with Crippen LogP contribution >= 0.6 is 11.6 Å². The van der Waals surface area contributed by atoms with Gasteiger partial charge in [-0.15, -0.1) is 0 Å². The van der Waals surface area contributed by atoms with Crippen molar-refractivity contribution >= 4 is 17.4 Å². The summed E-state index contributed by atoms with van der Waals surface area (Å²) in [5.74, 6) is 0.906. The molecule has 0 N–H and O–H groups in total. The summed E-state index contributed by atoms with van der Waals surface area (Å²) in [4.78, 5) is 12.2. The van der Waals surface area contributed by atoms with Gasteiger partial charge in [-0.05, 0) is 49.2 Å². The first kappa shape index (κ1) is 15.4. The lowest BCUT2D eigenvalue weighted by Crippen LogP contribution is -2.13. The van der Waals surface area contributed by atoms with Crippen molar-refractivity contribution in [2.75, 3.05) is 13.7 Å². The molecule has 0 unspecified atom stereocenters. The maximum Gasteiger partial charge on any atom is 0.203 e. The minimum atomic E-state index is -0.150. The molecule has 0 aromatic heterocycles. The van der Waals surface area contributed by atoms with Crippen LogP contribution in [0.1, 0.15) is 21.5 Å². The number of ketones is 1. The monoisotopic (exact) mass is 304 g/mol. The van der Waals surface area contributed by atoms with Crippen molar-refractivity contribution in [2.45, 2.75) is 13.8 Å². The van der Waals surface area contributed by atoms with Crippen LogP contribution in [0, 0.1) is 13.8 Å². The summed E-state index contributed by atoms with van der Waals surface area (Å²) >= 11 is 6.08. The molecule has 0 aliphatic rings. The second-order valence-corrected chi connectivity index (χ2v) is 5.26. The second-order valence-electron chi connectivity index (χ2n) is 4.85. The number of Topliss-reactive ketones (excluding diaryl/α,β-unsaturated/α-hetero) is 1. The smallest absolute Gasteiger partial charge is 0.203 e. The van der Waals surface area contributed by atoms with Crippen molar-refractivity contribution < 1.29 is 14.3 Å². The molecule has 2 aromatic rings. The number of aryl methyl sites for hydroxylation is 2. The van der Waals surface area contributed by atoms with Crippen molar-refractivity contribution in [3.8, 4) is 11.5 Å². The highest BCUT2D eigenvalue weighted by Crippen LogP contribution is 2.26. The highest BCUT2D eigenvalue weighted by atomic mass is 35.5. The maximum absolute atomic E-state index is 12.2. The fourth-order valence-electron chi connectivity index (χ4n) is 1.97. The zero-order valence-corrected chi connectivity index (χ0v) is 13.0. The zero-order valence-electron chi connectivity index (χ0n) is 12.3. The fraction of sp³-hybridized carbons (Fsp3) is 0.235. The molecule has 0 radical (unpaired) electrons. The zero-order chi connectivity index (χ0) is 15.4. The summed E-state index contributed by atoms with van der Waals surface area (Å²) in [6.07, 6.45) is 0. The molecule has 21 heavy (non-hydrogen) atoms. The van der Waals surface area contributed by atoms with E-state index in [-0.39, 0.29) is 12.4 Å². The molecule has 0 aliphatic carbocycles. The largest absolute Gasteiger partial charge is 0.496 e. The van der Waals surface area contributed by atoms with Gasteiger partial charge in [-0.25, -0.2) is 0 Å². The molecule has 0 saturated carbocycles. The van der Waals surface area contributed by atoms with Gasteiger partial charge < -0.3 is 9.47 Å². The van der Waals surface area contributed by atoms with Crippen LogP contribution in [-0.2, 0) is 0 Å². The van der Waals surface area contributed by atoms with E-state index in [1.165, 1.54) is 0 Å². The number of carbonyl (C=O) groups is 1. The molecule has 0 fully saturated rings. The molecule has 3 nitrogen and oxygen atoms in total. The molecule has 0 aliphatic heterocycles. The highest BCUT2D eigenvalue weighted by Gasteiger charge is 2.14. The van der Waals surface area contributed by atoms with E-state index in [1.807, 2.05) is 32.0 Å². The molecule has 0 heterocycles. The van der Waals surface area contributed by atoms with E-state index in [4.69, 9.17) is 21.1 Å². The molecule has 110 valence electrons. The Morgan fingerprint density at radius 2 is 1.71 bits per heavy atom. The molecule has 0 bridgehead atoms. The minimum absolute atomic E-state index is 0.0811. The van der Waals surface area contributed by atoms with Gasteiger partial charge in [0.05, 0.1) is 17.7 Å². The van der Waals surface area contributed by atoms with Crippen molar-refractivity contribution in [1.82, 2.24) is 0 Å². The predicted octanol–water partition coefficient (Wildman–Crippen LogP) is 4.23. The second kappa shape index (κ2) is 6.64. The van der Waals surface area contributed by atoms with E-state index in [0.717, 1.165) is 11.1 Å². The third-order valence-electron chi connectivity index (χ3n) is 3.10. The van der Waals surface area contributed by atoms with Crippen molar-refractivity contribution in [3.05, 3.63) is 58.1 Å². The number of rotatable bonds is 5. The topological polar surface area (TPSA) is 35.5 Å². The lowest BCUT2D eigenvalue weighted by molar-refractivity contribution is 0.0918. The normalized spacial score (nSPS) is 10.3. The average Bonchev–Trinajstić information content (AvgIpc) is 2.45. The number of methoxy groups -OCH3 is 1. The van der Waals surface area contributed by atoms with Crippen LogP contribution in [0.5, 0.6) is 11.5 Å². The maximum atomic E-state index is 12.2. The number of halogens is 1. The first-order chi connectivity index (χ1) is 10.0. The van der Waals surface area contributed by atoms with E-state index < -0.39 is 0 Å². The quantitative estimate of drug-likeness (QED) is 0.776. The molecule has 2 aromatic carbocycles. The van der Waals surface area contributed by atoms with Crippen LogP contribution in [0.15, 0.2) is 36.4 Å². The van der Waals surface area contributed by atoms with Crippen LogP contribution in [0.4, 0.5) is 0 Å². The minimum Gasteiger partial charge on any atom is -0.496 e. The molecule has 0 amide bonds. The first-order valence-corrected chi connectivity index (χ1v) is 6.96. The molecular formula is C17H17ClO3. The van der Waals surface area contributed by atoms with Crippen LogP contribution in [0.3, 0.4) is 0 Å². The molecule has 0 saturated heterocycles. The summed E-state index contributed by atoms with van der Waals surface area (Å²) in [5, 5.41) is 0.499. The summed E-state index contributed by atoms with van der Waals surface area (Å²) in [6.45, 7) is 3.81. The predicted molar refractivity (Wildman–Crippen MR) is 83.7 cm³/mol. The number of benzene rings is 2. The van der Waals surface area contributed by atoms with E-state index in [0.29, 0.717) is 22.1 Å². The Hall–Kier alpha value is -2.00. The van der Waals surface area contributed by atoms with Gasteiger partial charge >= 0.3 is 0 Å². The number of carbonyl (C=O) groups excluding carboxylic acids is 1. The van der Waals surface area contributed by atoms with E-state index in [1.54, 1.807) is 25.3 Å². The summed E-state index contributed by atoms with van der Waals surface area (Å²) in [6, 6.07) is 10.9. The SMILES string of the molecule is COc1cc(C)ccc1C(=O)COc1ccc(C)cc1Cl. The number of hydrogen-bond donors (Lipinski definition) is 0.